The average molecular weight is 598 g/mol. The maximum Gasteiger partial charge on any atom is 0.347 e. The Hall–Kier alpha value is -3.24. The monoisotopic (exact) mass is 597 g/mol. The van der Waals surface area contributed by atoms with E-state index in [1.165, 1.54) is 18.7 Å². The number of carbonyl (C=O) groups excluding carboxylic acids is 2. The number of rotatable bonds is 9. The van der Waals surface area contributed by atoms with Crippen molar-refractivity contribution in [3.8, 4) is 0 Å². The number of hydrogen-bond acceptors (Lipinski definition) is 6. The molecule has 4 rings (SSSR count). The summed E-state index contributed by atoms with van der Waals surface area (Å²) in [6, 6.07) is 17.5. The average Bonchev–Trinajstić information content (AvgIpc) is 2.99. The van der Waals surface area contributed by atoms with Gasteiger partial charge in [0, 0.05) is 22.1 Å². The van der Waals surface area contributed by atoms with E-state index < -0.39 is 46.1 Å². The predicted octanol–water partition coefficient (Wildman–Crippen LogP) is 5.85. The normalized spacial score (nSPS) is 20.6. The number of Topliss-reactive ketones (excluding diaryl/α,β-unsaturated/α-hetero) is 1. The summed E-state index contributed by atoms with van der Waals surface area (Å²) < 4.78 is -0.579. The molecule has 8 nitrogen and oxygen atoms in total. The first-order valence-electron chi connectivity index (χ1n) is 13.3. The van der Waals surface area contributed by atoms with Gasteiger partial charge in [-0.15, -0.1) is 21.8 Å². The Morgan fingerprint density at radius 3 is 2.37 bits per heavy atom. The lowest BCUT2D eigenvalue weighted by Gasteiger charge is -2.41. The number of nitrogens with zero attached hydrogens (tertiary/aromatic N) is 1. The molecule has 0 radical (unpaired) electrons. The van der Waals surface area contributed by atoms with Crippen LogP contribution in [0.4, 0.5) is 5.69 Å². The summed E-state index contributed by atoms with van der Waals surface area (Å²) in [5.41, 5.74) is 4.78. The number of nitrogens with one attached hydrogen (secondary N) is 1. The fourth-order valence-corrected chi connectivity index (χ4v) is 7.08. The van der Waals surface area contributed by atoms with Crippen molar-refractivity contribution >= 4 is 63.5 Å². The number of aliphatic carboxylic acids is 2. The van der Waals surface area contributed by atoms with Crippen LogP contribution in [0.2, 0.25) is 5.02 Å². The highest BCUT2D eigenvalue weighted by molar-refractivity contribution is 8.00. The third-order valence-corrected chi connectivity index (χ3v) is 8.73. The van der Waals surface area contributed by atoms with E-state index >= 15 is 0 Å². The van der Waals surface area contributed by atoms with Crippen LogP contribution in [0.1, 0.15) is 50.5 Å². The zero-order valence-corrected chi connectivity index (χ0v) is 25.0. The van der Waals surface area contributed by atoms with Crippen molar-refractivity contribution in [3.63, 3.8) is 0 Å². The number of carboxylic acids is 2. The van der Waals surface area contributed by atoms with Crippen molar-refractivity contribution in [2.75, 3.05) is 12.3 Å². The smallest absolute Gasteiger partial charge is 0.347 e. The van der Waals surface area contributed by atoms with Crippen molar-refractivity contribution in [3.05, 3.63) is 76.8 Å². The summed E-state index contributed by atoms with van der Waals surface area (Å²) in [4.78, 5) is 51.2. The summed E-state index contributed by atoms with van der Waals surface area (Å²) >= 11 is 7.97. The number of carbonyl (C=O) groups is 4. The Kier molecular flexibility index (Phi) is 8.94. The summed E-state index contributed by atoms with van der Waals surface area (Å²) in [5.74, 6) is -4.99. The minimum Gasteiger partial charge on any atom is -0.481 e. The molecule has 0 aliphatic carbocycles. The molecule has 3 N–H and O–H groups in total. The van der Waals surface area contributed by atoms with E-state index in [1.807, 2.05) is 69.3 Å². The summed E-state index contributed by atoms with van der Waals surface area (Å²) in [6.45, 7) is 7.13. The van der Waals surface area contributed by atoms with Crippen molar-refractivity contribution < 1.29 is 29.4 Å². The zero-order chi connectivity index (χ0) is 30.1. The number of thioether (sulfide) groups is 1. The fraction of sp³-hybridized carbons (Fsp3) is 0.355. The Labute approximate surface area is 248 Å². The van der Waals surface area contributed by atoms with Gasteiger partial charge in [-0.05, 0) is 35.4 Å². The number of quaternary nitrogens is 1. The molecule has 0 bridgehead atoms. The highest BCUT2D eigenvalue weighted by atomic mass is 35.5. The molecule has 0 saturated heterocycles. The van der Waals surface area contributed by atoms with Crippen LogP contribution in [0.15, 0.2) is 60.7 Å². The van der Waals surface area contributed by atoms with Crippen molar-refractivity contribution in [2.45, 2.75) is 45.4 Å². The minimum absolute atomic E-state index is 0.0271. The molecular formula is C31H34ClN2O6S+. The molecule has 41 heavy (non-hydrogen) atoms. The third-order valence-electron chi connectivity index (χ3n) is 7.24. The highest BCUT2D eigenvalue weighted by Gasteiger charge is 2.52. The van der Waals surface area contributed by atoms with E-state index in [4.69, 9.17) is 11.6 Å². The first-order valence-corrected chi connectivity index (χ1v) is 14.7. The molecule has 0 fully saturated rings. The second-order valence-electron chi connectivity index (χ2n) is 11.6. The summed E-state index contributed by atoms with van der Waals surface area (Å²) in [7, 11) is 0. The maximum atomic E-state index is 14.3. The van der Waals surface area contributed by atoms with Crippen LogP contribution in [-0.4, -0.2) is 52.2 Å². The van der Waals surface area contributed by atoms with Gasteiger partial charge in [0.05, 0.1) is 17.6 Å². The molecule has 1 aliphatic heterocycles. The quantitative estimate of drug-likeness (QED) is 0.263. The number of amides is 1. The maximum absolute atomic E-state index is 14.3. The van der Waals surface area contributed by atoms with Crippen LogP contribution < -0.4 is 10.0 Å². The van der Waals surface area contributed by atoms with Crippen LogP contribution in [0.25, 0.3) is 10.8 Å². The van der Waals surface area contributed by atoms with Crippen LogP contribution in [0.5, 0.6) is 0 Å². The molecule has 0 aromatic heterocycles. The van der Waals surface area contributed by atoms with Crippen molar-refractivity contribution in [1.29, 1.82) is 0 Å². The van der Waals surface area contributed by atoms with Crippen LogP contribution >= 0.6 is 23.4 Å². The van der Waals surface area contributed by atoms with Gasteiger partial charge < -0.3 is 10.2 Å². The van der Waals surface area contributed by atoms with E-state index in [0.29, 0.717) is 10.7 Å². The second kappa shape index (κ2) is 11.9. The Balaban J connectivity index is 1.99. The Morgan fingerprint density at radius 2 is 1.73 bits per heavy atom. The standard InChI is InChI=1S/C31H33ClN2O6S/c1-18(35)23(15-27(37)38)28(30(39)40)33-34(17-31(2,3)4)25-13-12-20(32)14-24(25)29(41-16-26(34)36)22-11-7-9-19-8-5-6-10-21(19)22/h5-14,23,28-29,33H,15-17H2,1-4H3,(H-,37,38,39,40)/p+1/t23?,28-,29+,34-/m0/s1. The molecule has 3 aromatic rings. The number of ketones is 1. The molecule has 1 unspecified atom stereocenters. The molecule has 216 valence electrons. The number of benzene rings is 3. The molecule has 1 heterocycles. The van der Waals surface area contributed by atoms with Gasteiger partial charge in [-0.3, -0.25) is 14.4 Å². The lowest BCUT2D eigenvalue weighted by Crippen LogP contribution is -2.71. The molecular weight excluding hydrogens is 564 g/mol. The van der Waals surface area contributed by atoms with Crippen LogP contribution in [0, 0.1) is 11.3 Å². The molecule has 1 amide bonds. The van der Waals surface area contributed by atoms with Gasteiger partial charge in [0.1, 0.15) is 18.1 Å². The van der Waals surface area contributed by atoms with Gasteiger partial charge in [0.2, 0.25) is 0 Å². The van der Waals surface area contributed by atoms with Crippen LogP contribution in [-0.2, 0) is 19.2 Å². The first kappa shape index (κ1) is 30.7. The molecule has 3 aromatic carbocycles. The number of carboxylic acid groups (broad SMARTS) is 2. The van der Waals surface area contributed by atoms with Gasteiger partial charge in [-0.25, -0.2) is 4.79 Å². The van der Waals surface area contributed by atoms with Crippen molar-refractivity contribution in [2.24, 2.45) is 11.3 Å². The summed E-state index contributed by atoms with van der Waals surface area (Å²) in [6.07, 6.45) is -0.691. The van der Waals surface area contributed by atoms with Gasteiger partial charge >= 0.3 is 17.8 Å². The first-order chi connectivity index (χ1) is 19.2. The van der Waals surface area contributed by atoms with E-state index in [2.05, 4.69) is 5.43 Å². The predicted molar refractivity (Wildman–Crippen MR) is 162 cm³/mol. The van der Waals surface area contributed by atoms with E-state index in [9.17, 15) is 29.4 Å². The summed E-state index contributed by atoms with van der Waals surface area (Å²) in [5, 5.41) is 22.0. The van der Waals surface area contributed by atoms with Crippen LogP contribution in [0.3, 0.4) is 0 Å². The molecule has 0 spiro atoms. The lowest BCUT2D eigenvalue weighted by atomic mass is 9.91. The van der Waals surface area contributed by atoms with E-state index in [-0.39, 0.29) is 23.5 Å². The molecule has 10 heteroatoms. The number of fused-ring (bicyclic) bond motifs is 2. The molecule has 1 aliphatic rings. The second-order valence-corrected chi connectivity index (χ2v) is 13.2. The third kappa shape index (κ3) is 6.48. The number of hydrogen-bond donors (Lipinski definition) is 3. The zero-order valence-electron chi connectivity index (χ0n) is 23.4. The lowest BCUT2D eigenvalue weighted by molar-refractivity contribution is -0.150. The van der Waals surface area contributed by atoms with Gasteiger partial charge in [0.15, 0.2) is 11.7 Å². The Bertz CT molecular complexity index is 1510. The number of halogens is 1. The van der Waals surface area contributed by atoms with Crippen molar-refractivity contribution in [1.82, 2.24) is 10.0 Å². The minimum atomic E-state index is -1.64. The molecule has 0 saturated carbocycles. The molecule has 4 atom stereocenters. The topological polar surface area (TPSA) is 121 Å². The van der Waals surface area contributed by atoms with Gasteiger partial charge in [-0.2, -0.15) is 0 Å². The fourth-order valence-electron chi connectivity index (χ4n) is 5.62. The Morgan fingerprint density at radius 1 is 1.05 bits per heavy atom. The highest BCUT2D eigenvalue weighted by Crippen LogP contribution is 2.48. The van der Waals surface area contributed by atoms with Gasteiger partial charge in [0.25, 0.3) is 0 Å². The SMILES string of the molecule is CC(=O)C(CC(=O)O)[C@H](N[N@+]1(CC(C)(C)C)C(=O)CS[C@H](c2cccc3ccccc23)c2cc(Cl)ccc21)C(=O)O. The largest absolute Gasteiger partial charge is 0.481 e. The van der Waals surface area contributed by atoms with E-state index in [1.54, 1.807) is 12.1 Å². The van der Waals surface area contributed by atoms with Gasteiger partial charge in [-0.1, -0.05) is 74.8 Å². The van der Waals surface area contributed by atoms with E-state index in [0.717, 1.165) is 21.9 Å².